The number of aromatic nitrogens is 2. The molecule has 2 aliphatic heterocycles. The molecule has 178 valence electrons. The van der Waals surface area contributed by atoms with Crippen LogP contribution in [-0.2, 0) is 14.8 Å². The summed E-state index contributed by atoms with van der Waals surface area (Å²) in [5.41, 5.74) is 1.20. The van der Waals surface area contributed by atoms with Gasteiger partial charge in [-0.05, 0) is 45.6 Å². The lowest BCUT2D eigenvalue weighted by Gasteiger charge is -2.48. The Kier molecular flexibility index (Phi) is 4.89. The molecule has 1 N–H and O–H groups in total. The third-order valence-corrected chi connectivity index (χ3v) is 9.16. The van der Waals surface area contributed by atoms with E-state index in [0.29, 0.717) is 18.5 Å². The van der Waals surface area contributed by atoms with Crippen LogP contribution < -0.4 is 9.62 Å². The SMILES string of the molecule is C[C@H]1CN(c2cc(S(=O)(=O)NC3(C)CC3)cn3c(C(=O)C4CC4)ncc23)C[C@@H]2COCCN21. The Hall–Kier alpha value is -2.01. The Morgan fingerprint density at radius 3 is 2.79 bits per heavy atom. The van der Waals surface area contributed by atoms with E-state index >= 15 is 0 Å². The van der Waals surface area contributed by atoms with Gasteiger partial charge < -0.3 is 9.64 Å². The number of hydrogen-bond donors (Lipinski definition) is 1. The predicted molar refractivity (Wildman–Crippen MR) is 123 cm³/mol. The standard InChI is InChI=1S/C23H31N5O4S/c1-15-11-26(12-17-14-32-8-7-27(15)17)19-9-18(33(30,31)25-23(2)5-6-23)13-28-20(19)10-24-22(28)21(29)16-3-4-16/h9-10,13,15-17,25H,3-8,11-12,14H2,1-2H3/t15-,17+/m0/s1. The van der Waals surface area contributed by atoms with Crippen LogP contribution in [0.5, 0.6) is 0 Å². The molecule has 4 aliphatic rings. The average Bonchev–Trinajstić information content (AvgIpc) is 3.71. The van der Waals surface area contributed by atoms with Gasteiger partial charge in [0.25, 0.3) is 0 Å². The van der Waals surface area contributed by atoms with Crippen molar-refractivity contribution in [3.63, 3.8) is 0 Å². The summed E-state index contributed by atoms with van der Waals surface area (Å²) < 4.78 is 37.0. The van der Waals surface area contributed by atoms with Gasteiger partial charge in [0, 0.05) is 43.3 Å². The molecule has 6 rings (SSSR count). The number of piperazine rings is 1. The molecule has 2 aromatic rings. The van der Waals surface area contributed by atoms with Crippen LogP contribution in [-0.4, -0.2) is 79.0 Å². The fourth-order valence-corrected chi connectivity index (χ4v) is 6.67. The molecule has 0 bridgehead atoms. The smallest absolute Gasteiger partial charge is 0.242 e. The molecule has 0 aromatic carbocycles. The molecule has 2 atom stereocenters. The molecule has 2 saturated heterocycles. The monoisotopic (exact) mass is 473 g/mol. The summed E-state index contributed by atoms with van der Waals surface area (Å²) in [6.45, 7) is 7.98. The number of morpholine rings is 1. The Bertz CT molecular complexity index is 1220. The molecule has 2 aliphatic carbocycles. The van der Waals surface area contributed by atoms with Crippen molar-refractivity contribution < 1.29 is 17.9 Å². The van der Waals surface area contributed by atoms with Gasteiger partial charge in [0.15, 0.2) is 5.82 Å². The van der Waals surface area contributed by atoms with Crippen molar-refractivity contribution in [3.8, 4) is 0 Å². The second-order valence-electron chi connectivity index (χ2n) is 10.4. The number of hydrogen-bond acceptors (Lipinski definition) is 7. The summed E-state index contributed by atoms with van der Waals surface area (Å²) in [5, 5.41) is 0. The largest absolute Gasteiger partial charge is 0.378 e. The lowest BCUT2D eigenvalue weighted by molar-refractivity contribution is -0.0317. The first-order valence-electron chi connectivity index (χ1n) is 11.9. The number of carbonyl (C=O) groups is 1. The first-order valence-corrected chi connectivity index (χ1v) is 13.4. The number of pyridine rings is 1. The van der Waals surface area contributed by atoms with Crippen molar-refractivity contribution in [2.24, 2.45) is 5.92 Å². The summed E-state index contributed by atoms with van der Waals surface area (Å²) in [7, 11) is -3.74. The number of nitrogens with zero attached hydrogens (tertiary/aromatic N) is 4. The van der Waals surface area contributed by atoms with E-state index in [2.05, 4.69) is 26.4 Å². The van der Waals surface area contributed by atoms with E-state index < -0.39 is 10.0 Å². The van der Waals surface area contributed by atoms with E-state index in [1.807, 2.05) is 6.92 Å². The first-order chi connectivity index (χ1) is 15.7. The Morgan fingerprint density at radius 2 is 2.06 bits per heavy atom. The number of ketones is 1. The molecular formula is C23H31N5O4S. The van der Waals surface area contributed by atoms with Crippen LogP contribution in [0.4, 0.5) is 5.69 Å². The Balaban J connectivity index is 1.45. The minimum Gasteiger partial charge on any atom is -0.378 e. The van der Waals surface area contributed by atoms with Gasteiger partial charge in [0.2, 0.25) is 15.8 Å². The summed E-state index contributed by atoms with van der Waals surface area (Å²) in [5.74, 6) is 0.332. The van der Waals surface area contributed by atoms with Crippen LogP contribution in [0.3, 0.4) is 0 Å². The number of anilines is 1. The molecule has 4 heterocycles. The molecule has 2 aromatic heterocycles. The van der Waals surface area contributed by atoms with E-state index in [4.69, 9.17) is 4.74 Å². The predicted octanol–water partition coefficient (Wildman–Crippen LogP) is 1.67. The van der Waals surface area contributed by atoms with Gasteiger partial charge in [-0.15, -0.1) is 0 Å². The molecule has 0 radical (unpaired) electrons. The number of Topliss-reactive ketones (excluding diaryl/α,β-unsaturated/α-hetero) is 1. The van der Waals surface area contributed by atoms with E-state index in [1.165, 1.54) is 0 Å². The Labute approximate surface area is 194 Å². The normalized spacial score (nSPS) is 27.5. The topological polar surface area (TPSA) is 96.3 Å². The fourth-order valence-electron chi connectivity index (χ4n) is 5.19. The molecule has 33 heavy (non-hydrogen) atoms. The zero-order valence-electron chi connectivity index (χ0n) is 19.2. The number of fused-ring (bicyclic) bond motifs is 2. The molecule has 9 nitrogen and oxygen atoms in total. The van der Waals surface area contributed by atoms with Crippen LogP contribution in [0, 0.1) is 5.92 Å². The van der Waals surface area contributed by atoms with E-state index in [0.717, 1.165) is 63.1 Å². The van der Waals surface area contributed by atoms with Crippen LogP contribution >= 0.6 is 0 Å². The molecule has 0 amide bonds. The van der Waals surface area contributed by atoms with Crippen molar-refractivity contribution in [3.05, 3.63) is 24.3 Å². The maximum Gasteiger partial charge on any atom is 0.242 e. The number of sulfonamides is 1. The minimum absolute atomic E-state index is 0.00326. The maximum absolute atomic E-state index is 13.3. The highest BCUT2D eigenvalue weighted by molar-refractivity contribution is 7.89. The lowest BCUT2D eigenvalue weighted by Crippen LogP contribution is -2.62. The van der Waals surface area contributed by atoms with E-state index in [9.17, 15) is 13.2 Å². The van der Waals surface area contributed by atoms with Crippen molar-refractivity contribution >= 4 is 27.0 Å². The molecular weight excluding hydrogens is 442 g/mol. The zero-order chi connectivity index (χ0) is 23.0. The van der Waals surface area contributed by atoms with Crippen molar-refractivity contribution in [2.75, 3.05) is 37.7 Å². The van der Waals surface area contributed by atoms with Gasteiger partial charge in [-0.25, -0.2) is 18.1 Å². The van der Waals surface area contributed by atoms with Crippen LogP contribution in [0.2, 0.25) is 0 Å². The molecule has 2 saturated carbocycles. The highest BCUT2D eigenvalue weighted by Gasteiger charge is 2.42. The molecule has 0 unspecified atom stereocenters. The van der Waals surface area contributed by atoms with E-state index in [-0.39, 0.29) is 28.2 Å². The number of nitrogens with one attached hydrogen (secondary N) is 1. The lowest BCUT2D eigenvalue weighted by atomic mass is 10.1. The van der Waals surface area contributed by atoms with Gasteiger partial charge in [-0.3, -0.25) is 14.1 Å². The molecule has 4 fully saturated rings. The summed E-state index contributed by atoms with van der Waals surface area (Å²) in [4.78, 5) is 22.3. The van der Waals surface area contributed by atoms with Gasteiger partial charge in [-0.2, -0.15) is 0 Å². The quantitative estimate of drug-likeness (QED) is 0.638. The number of rotatable bonds is 6. The zero-order valence-corrected chi connectivity index (χ0v) is 20.0. The van der Waals surface area contributed by atoms with Crippen LogP contribution in [0.25, 0.3) is 5.52 Å². The van der Waals surface area contributed by atoms with Crippen molar-refractivity contribution in [2.45, 2.75) is 62.0 Å². The highest BCUT2D eigenvalue weighted by atomic mass is 32.2. The fraction of sp³-hybridized carbons (Fsp3) is 0.652. The van der Waals surface area contributed by atoms with Gasteiger partial charge >= 0.3 is 0 Å². The third-order valence-electron chi connectivity index (χ3n) is 7.55. The minimum atomic E-state index is -3.74. The second kappa shape index (κ2) is 7.49. The number of ether oxygens (including phenoxy) is 1. The first kappa shape index (κ1) is 21.5. The summed E-state index contributed by atoms with van der Waals surface area (Å²) >= 11 is 0. The third kappa shape index (κ3) is 3.86. The summed E-state index contributed by atoms with van der Waals surface area (Å²) in [6, 6.07) is 2.32. The average molecular weight is 474 g/mol. The van der Waals surface area contributed by atoms with Crippen molar-refractivity contribution in [1.82, 2.24) is 19.0 Å². The Morgan fingerprint density at radius 1 is 1.27 bits per heavy atom. The van der Waals surface area contributed by atoms with Gasteiger partial charge in [0.1, 0.15) is 4.90 Å². The maximum atomic E-state index is 13.3. The van der Waals surface area contributed by atoms with E-state index in [1.54, 1.807) is 22.9 Å². The van der Waals surface area contributed by atoms with Crippen LogP contribution in [0.15, 0.2) is 23.4 Å². The molecule has 0 spiro atoms. The van der Waals surface area contributed by atoms with Crippen molar-refractivity contribution in [1.29, 1.82) is 0 Å². The number of carbonyl (C=O) groups excluding carboxylic acids is 1. The molecule has 10 heteroatoms. The van der Waals surface area contributed by atoms with Crippen LogP contribution in [0.1, 0.15) is 50.1 Å². The highest BCUT2D eigenvalue weighted by Crippen LogP contribution is 2.38. The number of imidazole rings is 1. The second-order valence-corrected chi connectivity index (χ2v) is 12.1. The summed E-state index contributed by atoms with van der Waals surface area (Å²) in [6.07, 6.45) is 6.70. The van der Waals surface area contributed by atoms with Gasteiger partial charge in [0.05, 0.1) is 36.7 Å². The van der Waals surface area contributed by atoms with Gasteiger partial charge in [-0.1, -0.05) is 0 Å².